The van der Waals surface area contributed by atoms with Gasteiger partial charge in [0.1, 0.15) is 0 Å². The standard InChI is InChI=1S/C33H62N4O7S/c34-33(44)28(26-45)37-25-29(38)27(21-22-32(42)43)35-23-17-18-24-36-30(39)19-15-13-11-9-7-5-3-1-2-4-6-8-10-12-14-16-20-31(40)41/h27-28,35,37,45H,1-26H2,(H2,34,44)(H,36,39)(H,40,41)(H,42,43). The number of unbranched alkanes of at least 4 members (excludes halogenated alkanes) is 16. The quantitative estimate of drug-likeness (QED) is 0.0378. The number of aliphatic carboxylic acids is 2. The molecule has 0 bridgehead atoms. The van der Waals surface area contributed by atoms with Gasteiger partial charge in [0.25, 0.3) is 0 Å². The van der Waals surface area contributed by atoms with E-state index in [1.54, 1.807) is 0 Å². The van der Waals surface area contributed by atoms with Crippen LogP contribution in [0.5, 0.6) is 0 Å². The minimum Gasteiger partial charge on any atom is -0.481 e. The van der Waals surface area contributed by atoms with Gasteiger partial charge in [0.15, 0.2) is 5.78 Å². The van der Waals surface area contributed by atoms with Crippen LogP contribution in [0, 0.1) is 0 Å². The van der Waals surface area contributed by atoms with Gasteiger partial charge in [-0.15, -0.1) is 0 Å². The maximum Gasteiger partial charge on any atom is 0.303 e. The van der Waals surface area contributed by atoms with Crippen LogP contribution >= 0.6 is 12.6 Å². The van der Waals surface area contributed by atoms with Gasteiger partial charge in [0.05, 0.1) is 18.6 Å². The Morgan fingerprint density at radius 2 is 1.00 bits per heavy atom. The van der Waals surface area contributed by atoms with Gasteiger partial charge in [-0.1, -0.05) is 89.9 Å². The number of carbonyl (C=O) groups excluding carboxylic acids is 3. The van der Waals surface area contributed by atoms with E-state index in [0.29, 0.717) is 25.9 Å². The lowest BCUT2D eigenvalue weighted by atomic mass is 10.0. The zero-order chi connectivity index (χ0) is 33.5. The summed E-state index contributed by atoms with van der Waals surface area (Å²) in [5, 5.41) is 26.4. The Kier molecular flexibility index (Phi) is 29.0. The molecule has 0 rings (SSSR count). The molecular weight excluding hydrogens is 596 g/mol. The summed E-state index contributed by atoms with van der Waals surface area (Å²) in [6, 6.07) is -1.38. The van der Waals surface area contributed by atoms with Crippen molar-refractivity contribution in [1.29, 1.82) is 0 Å². The number of primary amides is 1. The Bertz CT molecular complexity index is 816. The highest BCUT2D eigenvalue weighted by Gasteiger charge is 2.21. The monoisotopic (exact) mass is 658 g/mol. The van der Waals surface area contributed by atoms with Crippen molar-refractivity contribution < 1.29 is 34.2 Å². The summed E-state index contributed by atoms with van der Waals surface area (Å²) in [6.45, 7) is 0.966. The molecular formula is C33H62N4O7S. The average molecular weight is 659 g/mol. The van der Waals surface area contributed by atoms with E-state index in [9.17, 15) is 24.0 Å². The SMILES string of the molecule is NC(=O)C(CS)NCC(=O)C(CCC(=O)O)NCCCCNC(=O)CCCCCCCCCCCCCCCCCCC(=O)O. The maximum absolute atomic E-state index is 12.6. The summed E-state index contributed by atoms with van der Waals surface area (Å²) in [7, 11) is 0. The first kappa shape index (κ1) is 42.8. The number of ketones is 1. The van der Waals surface area contributed by atoms with Gasteiger partial charge < -0.3 is 26.6 Å². The van der Waals surface area contributed by atoms with Gasteiger partial charge in [-0.3, -0.25) is 29.3 Å². The van der Waals surface area contributed by atoms with Crippen LogP contribution in [0.1, 0.15) is 141 Å². The van der Waals surface area contributed by atoms with Gasteiger partial charge in [0, 0.05) is 31.6 Å². The van der Waals surface area contributed by atoms with Gasteiger partial charge >= 0.3 is 11.9 Å². The van der Waals surface area contributed by atoms with Crippen molar-refractivity contribution in [2.24, 2.45) is 5.73 Å². The number of amides is 2. The molecule has 45 heavy (non-hydrogen) atoms. The molecule has 7 N–H and O–H groups in total. The van der Waals surface area contributed by atoms with Crippen LogP contribution in [0.15, 0.2) is 0 Å². The molecule has 2 unspecified atom stereocenters. The van der Waals surface area contributed by atoms with E-state index < -0.39 is 29.9 Å². The molecule has 2 atom stereocenters. The summed E-state index contributed by atoms with van der Waals surface area (Å²) in [5.74, 6) is -2.28. The molecule has 11 nitrogen and oxygen atoms in total. The van der Waals surface area contributed by atoms with Crippen LogP contribution in [-0.2, 0) is 24.0 Å². The highest BCUT2D eigenvalue weighted by atomic mass is 32.1. The summed E-state index contributed by atoms with van der Waals surface area (Å²) in [5.41, 5.74) is 5.26. The first-order valence-electron chi connectivity index (χ1n) is 17.3. The summed E-state index contributed by atoms with van der Waals surface area (Å²) >= 11 is 4.04. The lowest BCUT2D eigenvalue weighted by Crippen LogP contribution is -2.49. The molecule has 0 aromatic rings. The fourth-order valence-corrected chi connectivity index (χ4v) is 5.43. The minimum atomic E-state index is -0.982. The third-order valence-electron chi connectivity index (χ3n) is 7.95. The zero-order valence-electron chi connectivity index (χ0n) is 27.5. The predicted molar refractivity (Wildman–Crippen MR) is 181 cm³/mol. The van der Waals surface area contributed by atoms with Crippen LogP contribution in [0.25, 0.3) is 0 Å². The molecule has 0 aromatic heterocycles. The molecule has 0 saturated heterocycles. The van der Waals surface area contributed by atoms with E-state index in [-0.39, 0.29) is 36.8 Å². The number of thiol groups is 1. The van der Waals surface area contributed by atoms with Crippen molar-refractivity contribution in [2.75, 3.05) is 25.4 Å². The number of Topliss-reactive ketones (excluding diaryl/α,β-unsaturated/α-hetero) is 1. The lowest BCUT2D eigenvalue weighted by Gasteiger charge is -2.19. The Hall–Kier alpha value is -2.18. The second-order valence-corrected chi connectivity index (χ2v) is 12.4. The number of nitrogens with one attached hydrogen (secondary N) is 3. The number of rotatable bonds is 34. The molecule has 0 aliphatic rings. The molecule has 0 spiro atoms. The largest absolute Gasteiger partial charge is 0.481 e. The highest BCUT2D eigenvalue weighted by Crippen LogP contribution is 2.14. The van der Waals surface area contributed by atoms with Crippen molar-refractivity contribution in [3.8, 4) is 0 Å². The molecule has 0 aliphatic heterocycles. The number of carbonyl (C=O) groups is 5. The van der Waals surface area contributed by atoms with E-state index >= 15 is 0 Å². The van der Waals surface area contributed by atoms with E-state index in [2.05, 4.69) is 28.6 Å². The maximum atomic E-state index is 12.6. The van der Waals surface area contributed by atoms with Gasteiger partial charge in [0.2, 0.25) is 11.8 Å². The smallest absolute Gasteiger partial charge is 0.303 e. The highest BCUT2D eigenvalue weighted by molar-refractivity contribution is 7.80. The summed E-state index contributed by atoms with van der Waals surface area (Å²) in [6.07, 6.45) is 21.2. The van der Waals surface area contributed by atoms with E-state index in [4.69, 9.17) is 15.9 Å². The van der Waals surface area contributed by atoms with Gasteiger partial charge in [-0.05, 0) is 38.6 Å². The Labute approximate surface area is 276 Å². The predicted octanol–water partition coefficient (Wildman–Crippen LogP) is 4.75. The molecule has 0 heterocycles. The van der Waals surface area contributed by atoms with Crippen molar-refractivity contribution in [1.82, 2.24) is 16.0 Å². The Morgan fingerprint density at radius 1 is 0.556 bits per heavy atom. The fourth-order valence-electron chi connectivity index (χ4n) is 5.13. The molecule has 0 aromatic carbocycles. The summed E-state index contributed by atoms with van der Waals surface area (Å²) < 4.78 is 0. The van der Waals surface area contributed by atoms with Crippen LogP contribution < -0.4 is 21.7 Å². The molecule has 0 aliphatic carbocycles. The van der Waals surface area contributed by atoms with E-state index in [0.717, 1.165) is 44.9 Å². The number of carboxylic acid groups (broad SMARTS) is 2. The molecule has 12 heteroatoms. The fraction of sp³-hybridized carbons (Fsp3) is 0.848. The van der Waals surface area contributed by atoms with Crippen molar-refractivity contribution in [3.63, 3.8) is 0 Å². The van der Waals surface area contributed by atoms with Gasteiger partial charge in [-0.25, -0.2) is 0 Å². The van der Waals surface area contributed by atoms with Crippen molar-refractivity contribution in [3.05, 3.63) is 0 Å². The third kappa shape index (κ3) is 29.0. The molecule has 0 fully saturated rings. The lowest BCUT2D eigenvalue weighted by molar-refractivity contribution is -0.138. The topological polar surface area (TPSA) is 188 Å². The normalized spacial score (nSPS) is 12.5. The first-order valence-corrected chi connectivity index (χ1v) is 17.9. The molecule has 0 saturated carbocycles. The average Bonchev–Trinajstić information content (AvgIpc) is 2.99. The van der Waals surface area contributed by atoms with Crippen molar-refractivity contribution >= 4 is 42.2 Å². The number of nitrogens with two attached hydrogens (primary N) is 1. The van der Waals surface area contributed by atoms with Crippen LogP contribution in [0.2, 0.25) is 0 Å². The van der Waals surface area contributed by atoms with Gasteiger partial charge in [-0.2, -0.15) is 12.6 Å². The number of hydrogen-bond donors (Lipinski definition) is 7. The van der Waals surface area contributed by atoms with E-state index in [1.807, 2.05) is 0 Å². The Balaban J connectivity index is 3.68. The second kappa shape index (κ2) is 30.5. The minimum absolute atomic E-state index is 0.0647. The number of carboxylic acids is 2. The van der Waals surface area contributed by atoms with Crippen LogP contribution in [0.4, 0.5) is 0 Å². The molecule has 0 radical (unpaired) electrons. The molecule has 262 valence electrons. The molecule has 2 amide bonds. The van der Waals surface area contributed by atoms with Crippen LogP contribution in [-0.4, -0.2) is 77.2 Å². The first-order chi connectivity index (χ1) is 21.7. The number of hydrogen-bond acceptors (Lipinski definition) is 8. The zero-order valence-corrected chi connectivity index (χ0v) is 28.4. The summed E-state index contributed by atoms with van der Waals surface area (Å²) in [4.78, 5) is 57.4. The van der Waals surface area contributed by atoms with E-state index in [1.165, 1.54) is 70.6 Å². The second-order valence-electron chi connectivity index (χ2n) is 12.0. The third-order valence-corrected chi connectivity index (χ3v) is 8.31. The van der Waals surface area contributed by atoms with Crippen molar-refractivity contribution in [2.45, 2.75) is 153 Å². The van der Waals surface area contributed by atoms with Crippen LogP contribution in [0.3, 0.4) is 0 Å². The Morgan fingerprint density at radius 3 is 1.44 bits per heavy atom.